The number of unbranched alkanes of at least 4 members (excludes halogenated alkanes) is 2. The summed E-state index contributed by atoms with van der Waals surface area (Å²) < 4.78 is 11.7. The van der Waals surface area contributed by atoms with Gasteiger partial charge in [0.25, 0.3) is 5.91 Å². The minimum Gasteiger partial charge on any atom is -0.481 e. The van der Waals surface area contributed by atoms with E-state index in [0.717, 1.165) is 6.42 Å². The van der Waals surface area contributed by atoms with Gasteiger partial charge in [-0.1, -0.05) is 97.1 Å². The molecule has 0 radical (unpaired) electrons. The summed E-state index contributed by atoms with van der Waals surface area (Å²) in [4.78, 5) is 80.6. The molecule has 5 rings (SSSR count). The van der Waals surface area contributed by atoms with Gasteiger partial charge in [0.1, 0.15) is 30.0 Å². The third-order valence-electron chi connectivity index (χ3n) is 9.20. The lowest BCUT2D eigenvalue weighted by molar-refractivity contribution is -0.132. The van der Waals surface area contributed by atoms with Crippen LogP contribution in [0.25, 0.3) is 0 Å². The Labute approximate surface area is 338 Å². The number of hydrogen-bond acceptors (Lipinski definition) is 8. The summed E-state index contributed by atoms with van der Waals surface area (Å²) in [5.41, 5.74) is 2.10. The topological polar surface area (TPSA) is 172 Å². The molecule has 1 heterocycles. The summed E-state index contributed by atoms with van der Waals surface area (Å²) in [6.45, 7) is 7.35. The molecule has 4 N–H and O–H groups in total. The average molecular weight is 790 g/mol. The van der Waals surface area contributed by atoms with E-state index in [1.807, 2.05) is 12.1 Å². The van der Waals surface area contributed by atoms with Crippen molar-refractivity contribution in [2.45, 2.75) is 77.2 Å². The predicted octanol–water partition coefficient (Wildman–Crippen LogP) is 5.43. The third-order valence-corrected chi connectivity index (χ3v) is 9.20. The van der Waals surface area contributed by atoms with Crippen molar-refractivity contribution < 1.29 is 38.2 Å². The van der Waals surface area contributed by atoms with Crippen LogP contribution in [-0.4, -0.2) is 72.8 Å². The van der Waals surface area contributed by atoms with Gasteiger partial charge in [-0.2, -0.15) is 0 Å². The second-order valence-electron chi connectivity index (χ2n) is 15.0. The molecule has 58 heavy (non-hydrogen) atoms. The zero-order chi connectivity index (χ0) is 41.7. The molecular weight excluding hydrogens is 739 g/mol. The van der Waals surface area contributed by atoms with E-state index in [0.29, 0.717) is 59.6 Å². The molecule has 13 nitrogen and oxygen atoms in total. The van der Waals surface area contributed by atoms with Crippen molar-refractivity contribution in [3.05, 3.63) is 131 Å². The molecule has 304 valence electrons. The fraction of sp³-hybridized carbons (Fsp3) is 0.333. The van der Waals surface area contributed by atoms with Crippen molar-refractivity contribution >= 4 is 41.2 Å². The minimum absolute atomic E-state index is 0.0449. The molecule has 13 heteroatoms. The highest BCUT2D eigenvalue weighted by atomic mass is 16.6. The standard InChI is InChI=1S/C45H51N5O8/c1-30(48-37(51)28-31-22-24-33(25-23-31)40(53)32-16-8-5-9-17-32)42(54)49-39-41(34-18-10-6-11-19-34)57-36-21-13-12-20-35(36)50(43(39)55)29-38(52)46-26-14-7-15-27-47-44(56)58-45(2,3)4/h5-6,8-13,16-25,30,39,41H,7,14-15,26-29H2,1-4H3,(H,46,52)(H,47,56)(H,48,51)(H,49,54)/t30-,39-,41+/m0/s1. The minimum atomic E-state index is -1.28. The van der Waals surface area contributed by atoms with Gasteiger partial charge in [0.05, 0.1) is 12.1 Å². The number of ether oxygens (including phenoxy) is 2. The molecule has 3 atom stereocenters. The lowest BCUT2D eigenvalue weighted by atomic mass is 10.0. The summed E-state index contributed by atoms with van der Waals surface area (Å²) in [6.07, 6.45) is 0.576. The zero-order valence-corrected chi connectivity index (χ0v) is 33.3. The number of hydrogen-bond donors (Lipinski definition) is 4. The lowest BCUT2D eigenvalue weighted by Gasteiger charge is -2.29. The Kier molecular flexibility index (Phi) is 14.8. The average Bonchev–Trinajstić information content (AvgIpc) is 3.31. The molecule has 0 bridgehead atoms. The van der Waals surface area contributed by atoms with Crippen molar-refractivity contribution in [3.63, 3.8) is 0 Å². The van der Waals surface area contributed by atoms with E-state index in [2.05, 4.69) is 21.3 Å². The number of nitrogens with zero attached hydrogens (tertiary/aromatic N) is 1. The number of para-hydroxylation sites is 2. The quantitative estimate of drug-likeness (QED) is 0.0860. The van der Waals surface area contributed by atoms with Crippen LogP contribution < -0.4 is 30.9 Å². The molecule has 5 amide bonds. The van der Waals surface area contributed by atoms with E-state index >= 15 is 0 Å². The molecule has 0 aliphatic carbocycles. The normalized spacial score (nSPS) is 15.4. The molecule has 4 aromatic carbocycles. The van der Waals surface area contributed by atoms with Crippen molar-refractivity contribution in [3.8, 4) is 5.75 Å². The van der Waals surface area contributed by atoms with E-state index in [1.54, 1.807) is 118 Å². The number of anilines is 1. The monoisotopic (exact) mass is 789 g/mol. The van der Waals surface area contributed by atoms with Crippen LogP contribution >= 0.6 is 0 Å². The van der Waals surface area contributed by atoms with Crippen LogP contribution in [0.4, 0.5) is 10.5 Å². The first-order valence-electron chi connectivity index (χ1n) is 19.4. The van der Waals surface area contributed by atoms with Gasteiger partial charge < -0.3 is 30.7 Å². The van der Waals surface area contributed by atoms with Crippen molar-refractivity contribution in [2.75, 3.05) is 24.5 Å². The van der Waals surface area contributed by atoms with E-state index in [4.69, 9.17) is 9.47 Å². The maximum Gasteiger partial charge on any atom is 0.407 e. The van der Waals surface area contributed by atoms with Crippen LogP contribution in [0.2, 0.25) is 0 Å². The fourth-order valence-corrected chi connectivity index (χ4v) is 6.32. The van der Waals surface area contributed by atoms with Gasteiger partial charge in [-0.3, -0.25) is 28.9 Å². The summed E-state index contributed by atoms with van der Waals surface area (Å²) in [5, 5.41) is 11.1. The highest BCUT2D eigenvalue weighted by molar-refractivity contribution is 6.09. The summed E-state index contributed by atoms with van der Waals surface area (Å²) >= 11 is 0. The summed E-state index contributed by atoms with van der Waals surface area (Å²) in [5.74, 6) is -1.82. The molecule has 0 saturated carbocycles. The number of fused-ring (bicyclic) bond motifs is 1. The second kappa shape index (κ2) is 20.1. The summed E-state index contributed by atoms with van der Waals surface area (Å²) in [6, 6.07) is 29.1. The molecule has 0 aromatic heterocycles. The second-order valence-corrected chi connectivity index (χ2v) is 15.0. The Bertz CT molecular complexity index is 2050. The number of carbonyl (C=O) groups excluding carboxylic acids is 6. The van der Waals surface area contributed by atoms with Gasteiger partial charge in [0.15, 0.2) is 11.9 Å². The number of nitrogens with one attached hydrogen (secondary N) is 4. The first-order valence-corrected chi connectivity index (χ1v) is 19.4. The van der Waals surface area contributed by atoms with E-state index < -0.39 is 53.5 Å². The van der Waals surface area contributed by atoms with Crippen LogP contribution in [0.15, 0.2) is 109 Å². The summed E-state index contributed by atoms with van der Waals surface area (Å²) in [7, 11) is 0. The first kappa shape index (κ1) is 42.6. The van der Waals surface area contributed by atoms with Crippen molar-refractivity contribution in [1.82, 2.24) is 21.3 Å². The number of carbonyl (C=O) groups is 6. The van der Waals surface area contributed by atoms with E-state index in [9.17, 15) is 28.8 Å². The molecule has 4 aromatic rings. The lowest BCUT2D eigenvalue weighted by Crippen LogP contribution is -2.56. The van der Waals surface area contributed by atoms with Crippen molar-refractivity contribution in [2.24, 2.45) is 0 Å². The van der Waals surface area contributed by atoms with Gasteiger partial charge in [0, 0.05) is 24.2 Å². The van der Waals surface area contributed by atoms with Gasteiger partial charge in [-0.25, -0.2) is 4.79 Å². The van der Waals surface area contributed by atoms with Gasteiger partial charge in [-0.15, -0.1) is 0 Å². The third kappa shape index (κ3) is 12.2. The Morgan fingerprint density at radius 3 is 2.02 bits per heavy atom. The fourth-order valence-electron chi connectivity index (χ4n) is 6.32. The smallest absolute Gasteiger partial charge is 0.407 e. The Morgan fingerprint density at radius 2 is 1.34 bits per heavy atom. The predicted molar refractivity (Wildman–Crippen MR) is 219 cm³/mol. The number of amides is 5. The molecule has 0 unspecified atom stereocenters. The highest BCUT2D eigenvalue weighted by Gasteiger charge is 2.41. The van der Waals surface area contributed by atoms with Gasteiger partial charge in [-0.05, 0) is 70.2 Å². The molecule has 0 fully saturated rings. The Balaban J connectivity index is 1.21. The Morgan fingerprint density at radius 1 is 0.741 bits per heavy atom. The van der Waals surface area contributed by atoms with Crippen LogP contribution in [0.5, 0.6) is 5.75 Å². The first-order chi connectivity index (χ1) is 27.8. The van der Waals surface area contributed by atoms with Gasteiger partial charge in [0.2, 0.25) is 17.7 Å². The number of rotatable bonds is 16. The number of benzene rings is 4. The molecule has 1 aliphatic rings. The number of alkyl carbamates (subject to hydrolysis) is 1. The maximum absolute atomic E-state index is 14.5. The molecule has 0 saturated heterocycles. The van der Waals surface area contributed by atoms with E-state index in [1.165, 1.54) is 11.8 Å². The van der Waals surface area contributed by atoms with E-state index in [-0.39, 0.29) is 18.7 Å². The Hall–Kier alpha value is -6.50. The number of ketones is 1. The zero-order valence-electron chi connectivity index (χ0n) is 33.3. The maximum atomic E-state index is 14.5. The molecule has 0 spiro atoms. The highest BCUT2D eigenvalue weighted by Crippen LogP contribution is 2.37. The largest absolute Gasteiger partial charge is 0.481 e. The van der Waals surface area contributed by atoms with Crippen LogP contribution in [0.1, 0.15) is 80.1 Å². The SMILES string of the molecule is C[C@H](NC(=O)Cc1ccc(C(=O)c2ccccc2)cc1)C(=O)N[C@@H]1C(=O)N(CC(=O)NCCCCCNC(=O)OC(C)(C)C)c2ccccc2O[C@@H]1c1ccccc1. The van der Waals surface area contributed by atoms with Crippen molar-refractivity contribution in [1.29, 1.82) is 0 Å². The van der Waals surface area contributed by atoms with Crippen LogP contribution in [0, 0.1) is 0 Å². The molecular formula is C45H51N5O8. The molecule has 1 aliphatic heterocycles. The van der Waals surface area contributed by atoms with Crippen LogP contribution in [-0.2, 0) is 30.3 Å². The van der Waals surface area contributed by atoms with Gasteiger partial charge >= 0.3 is 6.09 Å². The van der Waals surface area contributed by atoms with Crippen LogP contribution in [0.3, 0.4) is 0 Å².